The number of nitrogens with zero attached hydrogens (tertiary/aromatic N) is 3. The van der Waals surface area contributed by atoms with Crippen molar-refractivity contribution in [3.8, 4) is 0 Å². The second-order valence-corrected chi connectivity index (χ2v) is 1.71. The minimum absolute atomic E-state index is 0.263. The van der Waals surface area contributed by atoms with Crippen molar-refractivity contribution in [2.45, 2.75) is 0 Å². The molecule has 9 heavy (non-hydrogen) atoms. The second kappa shape index (κ2) is 2.42. The van der Waals surface area contributed by atoms with Crippen LogP contribution in [-0.4, -0.2) is 10.2 Å². The predicted molar refractivity (Wildman–Crippen MR) is 33.3 cm³/mol. The molecule has 0 saturated carbocycles. The van der Waals surface area contributed by atoms with Crippen LogP contribution in [0.3, 0.4) is 0 Å². The second-order valence-electron chi connectivity index (χ2n) is 1.33. The highest BCUT2D eigenvalue weighted by Gasteiger charge is 1.92. The number of hydrogen-bond donors (Lipinski definition) is 0. The zero-order valence-electron chi connectivity index (χ0n) is 4.37. The van der Waals surface area contributed by atoms with Gasteiger partial charge in [-0.2, -0.15) is 0 Å². The van der Waals surface area contributed by atoms with E-state index in [9.17, 15) is 0 Å². The maximum Gasteiger partial charge on any atom is 0.296 e. The Hall–Kier alpha value is -1.14. The molecule has 0 aliphatic rings. The van der Waals surface area contributed by atoms with Gasteiger partial charge in [0.15, 0.2) is 5.15 Å². The maximum atomic E-state index is 6.49. The van der Waals surface area contributed by atoms with E-state index in [1.165, 1.54) is 12.1 Å². The van der Waals surface area contributed by atoms with E-state index in [0.717, 1.165) is 0 Å². The van der Waals surface area contributed by atoms with E-state index in [0.29, 0.717) is 5.15 Å². The van der Waals surface area contributed by atoms with Crippen molar-refractivity contribution in [1.29, 1.82) is 0 Å². The normalized spacial score (nSPS) is 8.44. The van der Waals surface area contributed by atoms with Gasteiger partial charge in [0.1, 0.15) is 0 Å². The van der Waals surface area contributed by atoms with Gasteiger partial charge in [-0.25, -0.2) is 0 Å². The zero-order chi connectivity index (χ0) is 6.69. The first-order chi connectivity index (χ1) is 4.33. The van der Waals surface area contributed by atoms with Crippen LogP contribution in [0.5, 0.6) is 0 Å². The minimum atomic E-state index is 0.263. The Morgan fingerprint density at radius 3 is 2.67 bits per heavy atom. The van der Waals surface area contributed by atoms with Crippen LogP contribution < -0.4 is 0 Å². The van der Waals surface area contributed by atoms with Gasteiger partial charge < -0.3 is 4.85 Å². The minimum Gasteiger partial charge on any atom is -0.359 e. The van der Waals surface area contributed by atoms with Crippen molar-refractivity contribution < 1.29 is 0 Å². The molecule has 0 aromatic carbocycles. The van der Waals surface area contributed by atoms with Crippen LogP contribution in [0.4, 0.5) is 5.82 Å². The molecule has 1 rings (SSSR count). The smallest absolute Gasteiger partial charge is 0.296 e. The zero-order valence-corrected chi connectivity index (χ0v) is 5.13. The first kappa shape index (κ1) is 5.99. The summed E-state index contributed by atoms with van der Waals surface area (Å²) in [5.74, 6) is 0.263. The summed E-state index contributed by atoms with van der Waals surface area (Å²) in [7, 11) is 0. The molecule has 0 spiro atoms. The van der Waals surface area contributed by atoms with Crippen molar-refractivity contribution in [3.05, 3.63) is 28.7 Å². The van der Waals surface area contributed by atoms with Gasteiger partial charge in [-0.05, 0) is 22.3 Å². The molecule has 0 unspecified atom stereocenters. The number of rotatable bonds is 0. The summed E-state index contributed by atoms with van der Waals surface area (Å²) in [6.45, 7) is 6.49. The van der Waals surface area contributed by atoms with E-state index in [-0.39, 0.29) is 5.82 Å². The molecule has 44 valence electrons. The van der Waals surface area contributed by atoms with Crippen molar-refractivity contribution in [2.75, 3.05) is 0 Å². The summed E-state index contributed by atoms with van der Waals surface area (Å²) in [6, 6.07) is 3.05. The van der Waals surface area contributed by atoms with E-state index < -0.39 is 0 Å². The SMILES string of the molecule is [C-]#[N+]c1ccc(Cl)nn1. The van der Waals surface area contributed by atoms with Gasteiger partial charge in [0.25, 0.3) is 5.82 Å². The fourth-order valence-corrected chi connectivity index (χ4v) is 0.469. The average Bonchev–Trinajstić information content (AvgIpc) is 1.90. The van der Waals surface area contributed by atoms with Crippen molar-refractivity contribution >= 4 is 17.4 Å². The van der Waals surface area contributed by atoms with Gasteiger partial charge in [0, 0.05) is 0 Å². The van der Waals surface area contributed by atoms with E-state index in [1.807, 2.05) is 0 Å². The topological polar surface area (TPSA) is 30.1 Å². The highest BCUT2D eigenvalue weighted by Crippen LogP contribution is 2.07. The van der Waals surface area contributed by atoms with Gasteiger partial charge in [-0.15, -0.1) is 0 Å². The number of aromatic nitrogens is 2. The summed E-state index contributed by atoms with van der Waals surface area (Å²) in [4.78, 5) is 3.03. The third-order valence-corrected chi connectivity index (χ3v) is 0.934. The fourth-order valence-electron chi connectivity index (χ4n) is 0.369. The molecule has 1 heterocycles. The Morgan fingerprint density at radius 1 is 1.44 bits per heavy atom. The van der Waals surface area contributed by atoms with E-state index in [2.05, 4.69) is 15.0 Å². The first-order valence-corrected chi connectivity index (χ1v) is 2.57. The maximum absolute atomic E-state index is 6.49. The van der Waals surface area contributed by atoms with Crippen LogP contribution in [0.15, 0.2) is 12.1 Å². The van der Waals surface area contributed by atoms with Crippen molar-refractivity contribution in [2.24, 2.45) is 0 Å². The van der Waals surface area contributed by atoms with Crippen molar-refractivity contribution in [3.63, 3.8) is 0 Å². The standard InChI is InChI=1S/C5H2ClN3/c1-7-5-3-2-4(6)8-9-5/h2-3H. The van der Waals surface area contributed by atoms with E-state index in [1.54, 1.807) is 0 Å². The molecule has 1 aromatic rings. The Morgan fingerprint density at radius 2 is 2.22 bits per heavy atom. The van der Waals surface area contributed by atoms with Crippen LogP contribution in [0.25, 0.3) is 4.85 Å². The molecular formula is C5H2ClN3. The van der Waals surface area contributed by atoms with Crippen LogP contribution >= 0.6 is 11.6 Å². The van der Waals surface area contributed by atoms with Gasteiger partial charge in [0.05, 0.1) is 0 Å². The van der Waals surface area contributed by atoms with Gasteiger partial charge in [0.2, 0.25) is 0 Å². The van der Waals surface area contributed by atoms with Crippen LogP contribution in [0, 0.1) is 6.57 Å². The van der Waals surface area contributed by atoms with Crippen LogP contribution in [0.2, 0.25) is 5.15 Å². The van der Waals surface area contributed by atoms with Gasteiger partial charge >= 0.3 is 0 Å². The third kappa shape index (κ3) is 1.37. The summed E-state index contributed by atoms with van der Waals surface area (Å²) in [5.41, 5.74) is 0. The van der Waals surface area contributed by atoms with E-state index in [4.69, 9.17) is 18.2 Å². The Balaban J connectivity index is 3.06. The quantitative estimate of drug-likeness (QED) is 0.512. The molecule has 0 aliphatic heterocycles. The van der Waals surface area contributed by atoms with Crippen LogP contribution in [0.1, 0.15) is 0 Å². The number of hydrogen-bond acceptors (Lipinski definition) is 2. The average molecular weight is 140 g/mol. The van der Waals surface area contributed by atoms with E-state index >= 15 is 0 Å². The molecule has 4 heteroatoms. The molecular weight excluding hydrogens is 138 g/mol. The lowest BCUT2D eigenvalue weighted by Gasteiger charge is -1.82. The van der Waals surface area contributed by atoms with Crippen molar-refractivity contribution in [1.82, 2.24) is 10.2 Å². The lowest BCUT2D eigenvalue weighted by Crippen LogP contribution is -1.77. The molecule has 3 nitrogen and oxygen atoms in total. The molecule has 1 aromatic heterocycles. The Labute approximate surface area is 57.1 Å². The monoisotopic (exact) mass is 139 g/mol. The third-order valence-electron chi connectivity index (χ3n) is 0.732. The highest BCUT2D eigenvalue weighted by molar-refractivity contribution is 6.29. The summed E-state index contributed by atoms with van der Waals surface area (Å²) in [5, 5.41) is 7.22. The Bertz CT molecular complexity index is 235. The fraction of sp³-hybridized carbons (Fsp3) is 0. The molecule has 0 bridgehead atoms. The first-order valence-electron chi connectivity index (χ1n) is 2.19. The lowest BCUT2D eigenvalue weighted by atomic mass is 10.5. The highest BCUT2D eigenvalue weighted by atomic mass is 35.5. The summed E-state index contributed by atoms with van der Waals surface area (Å²) < 4.78 is 0. The van der Waals surface area contributed by atoms with Gasteiger partial charge in [-0.3, -0.25) is 0 Å². The molecule has 0 amide bonds. The molecule has 0 atom stereocenters. The predicted octanol–water partition coefficient (Wildman–Crippen LogP) is 1.68. The molecule has 0 fully saturated rings. The molecule has 0 saturated heterocycles. The van der Waals surface area contributed by atoms with Crippen LogP contribution in [-0.2, 0) is 0 Å². The lowest BCUT2D eigenvalue weighted by molar-refractivity contribution is 1.05. The largest absolute Gasteiger partial charge is 0.359 e. The number of halogens is 1. The van der Waals surface area contributed by atoms with Gasteiger partial charge in [-0.1, -0.05) is 18.2 Å². The summed E-state index contributed by atoms with van der Waals surface area (Å²) >= 11 is 5.39. The summed E-state index contributed by atoms with van der Waals surface area (Å²) in [6.07, 6.45) is 0. The molecule has 0 aliphatic carbocycles. The Kier molecular flexibility index (Phi) is 1.61. The molecule has 0 radical (unpaired) electrons. The molecule has 0 N–H and O–H groups in total.